The predicted octanol–water partition coefficient (Wildman–Crippen LogP) is 1.20. The van der Waals surface area contributed by atoms with Gasteiger partial charge in [0, 0.05) is 19.2 Å². The largest absolute Gasteiger partial charge is 0.383 e. The number of aromatic nitrogens is 2. The lowest BCUT2D eigenvalue weighted by Gasteiger charge is -2.27. The second-order valence-corrected chi connectivity index (χ2v) is 5.71. The number of hydrogen-bond donors (Lipinski definition) is 1. The molecule has 1 amide bonds. The van der Waals surface area contributed by atoms with Gasteiger partial charge in [-0.1, -0.05) is 19.8 Å². The maximum atomic E-state index is 12.2. The molecule has 0 radical (unpaired) electrons. The van der Waals surface area contributed by atoms with Gasteiger partial charge in [-0.05, 0) is 24.8 Å². The molecule has 1 aliphatic rings. The van der Waals surface area contributed by atoms with E-state index in [1.165, 1.54) is 23.2 Å². The van der Waals surface area contributed by atoms with Crippen molar-refractivity contribution in [2.24, 2.45) is 5.92 Å². The quantitative estimate of drug-likeness (QED) is 0.885. The molecule has 1 fully saturated rings. The first-order chi connectivity index (χ1) is 10.1. The lowest BCUT2D eigenvalue weighted by molar-refractivity contribution is 0.0912. The van der Waals surface area contributed by atoms with Crippen molar-refractivity contribution in [2.75, 3.05) is 13.7 Å². The average Bonchev–Trinajstić information content (AvgIpc) is 2.46. The molecule has 116 valence electrons. The van der Waals surface area contributed by atoms with E-state index in [2.05, 4.69) is 17.3 Å². The molecule has 1 saturated carbocycles. The van der Waals surface area contributed by atoms with Crippen LogP contribution in [0.4, 0.5) is 0 Å². The summed E-state index contributed by atoms with van der Waals surface area (Å²) in [7, 11) is 1.56. The third kappa shape index (κ3) is 4.39. The van der Waals surface area contributed by atoms with E-state index in [4.69, 9.17) is 4.74 Å². The first-order valence-corrected chi connectivity index (χ1v) is 7.48. The number of carbonyl (C=O) groups is 1. The summed E-state index contributed by atoms with van der Waals surface area (Å²) in [6.45, 7) is 2.94. The summed E-state index contributed by atoms with van der Waals surface area (Å²) in [5.74, 6) is 0.438. The molecule has 1 heterocycles. The van der Waals surface area contributed by atoms with E-state index in [-0.39, 0.29) is 23.2 Å². The molecule has 0 aromatic carbocycles. The summed E-state index contributed by atoms with van der Waals surface area (Å²) in [5.41, 5.74) is 0.0545. The maximum absolute atomic E-state index is 12.2. The first-order valence-electron chi connectivity index (χ1n) is 7.48. The summed E-state index contributed by atoms with van der Waals surface area (Å²) >= 11 is 0. The maximum Gasteiger partial charge on any atom is 0.271 e. The summed E-state index contributed by atoms with van der Waals surface area (Å²) in [6, 6.07) is 3.07. The van der Waals surface area contributed by atoms with Gasteiger partial charge in [0.05, 0.1) is 13.2 Å². The molecule has 6 nitrogen and oxygen atoms in total. The second-order valence-electron chi connectivity index (χ2n) is 5.71. The molecule has 2 unspecified atom stereocenters. The molecule has 0 bridgehead atoms. The van der Waals surface area contributed by atoms with Crippen molar-refractivity contribution in [1.29, 1.82) is 0 Å². The fourth-order valence-electron chi connectivity index (χ4n) is 2.73. The molecule has 1 aromatic rings. The molecule has 1 N–H and O–H groups in total. The zero-order valence-corrected chi connectivity index (χ0v) is 12.7. The van der Waals surface area contributed by atoms with Gasteiger partial charge in [0.15, 0.2) is 0 Å². The molecule has 0 saturated heterocycles. The molecular weight excluding hydrogens is 270 g/mol. The monoisotopic (exact) mass is 293 g/mol. The van der Waals surface area contributed by atoms with Crippen molar-refractivity contribution >= 4 is 5.91 Å². The van der Waals surface area contributed by atoms with Crippen LogP contribution in [0.1, 0.15) is 43.1 Å². The summed E-state index contributed by atoms with van der Waals surface area (Å²) < 4.78 is 6.20. The van der Waals surface area contributed by atoms with E-state index in [9.17, 15) is 9.59 Å². The van der Waals surface area contributed by atoms with Crippen LogP contribution < -0.4 is 10.9 Å². The summed E-state index contributed by atoms with van der Waals surface area (Å²) in [4.78, 5) is 23.9. The normalized spacial score (nSPS) is 22.0. The number of ether oxygens (including phenoxy) is 1. The standard InChI is InChI=1S/C15H23N3O3/c1-11-4-3-5-12(10-11)16-15(20)13-6-7-14(19)18(17-13)8-9-21-2/h6-7,11-12H,3-5,8-10H2,1-2H3,(H,16,20). The molecule has 1 aliphatic carbocycles. The van der Waals surface area contributed by atoms with Crippen LogP contribution in [0.5, 0.6) is 0 Å². The number of carbonyl (C=O) groups excluding carboxylic acids is 1. The van der Waals surface area contributed by atoms with E-state index in [1.807, 2.05) is 0 Å². The van der Waals surface area contributed by atoms with Gasteiger partial charge in [-0.3, -0.25) is 9.59 Å². The minimum absolute atomic E-state index is 0.208. The number of rotatable bonds is 5. The van der Waals surface area contributed by atoms with Gasteiger partial charge in [-0.25, -0.2) is 4.68 Å². The molecule has 2 rings (SSSR count). The van der Waals surface area contributed by atoms with Gasteiger partial charge >= 0.3 is 0 Å². The van der Waals surface area contributed by atoms with E-state index < -0.39 is 0 Å². The van der Waals surface area contributed by atoms with Crippen molar-refractivity contribution in [3.63, 3.8) is 0 Å². The van der Waals surface area contributed by atoms with Crippen LogP contribution in [0, 0.1) is 5.92 Å². The second kappa shape index (κ2) is 7.36. The zero-order chi connectivity index (χ0) is 15.2. The molecule has 21 heavy (non-hydrogen) atoms. The van der Waals surface area contributed by atoms with Gasteiger partial charge in [-0.2, -0.15) is 5.10 Å². The van der Waals surface area contributed by atoms with Crippen molar-refractivity contribution in [3.8, 4) is 0 Å². The highest BCUT2D eigenvalue weighted by atomic mass is 16.5. The van der Waals surface area contributed by atoms with Crippen LogP contribution in [-0.2, 0) is 11.3 Å². The van der Waals surface area contributed by atoms with Crippen LogP contribution in [-0.4, -0.2) is 35.4 Å². The summed E-state index contributed by atoms with van der Waals surface area (Å²) in [6.07, 6.45) is 4.40. The minimum Gasteiger partial charge on any atom is -0.383 e. The van der Waals surface area contributed by atoms with Crippen molar-refractivity contribution in [1.82, 2.24) is 15.1 Å². The van der Waals surface area contributed by atoms with E-state index in [1.54, 1.807) is 7.11 Å². The number of amides is 1. The molecular formula is C15H23N3O3. The summed E-state index contributed by atoms with van der Waals surface area (Å²) in [5, 5.41) is 7.13. The minimum atomic E-state index is -0.227. The molecule has 1 aromatic heterocycles. The Labute approximate surface area is 124 Å². The zero-order valence-electron chi connectivity index (χ0n) is 12.7. The van der Waals surface area contributed by atoms with E-state index in [0.29, 0.717) is 19.1 Å². The van der Waals surface area contributed by atoms with Gasteiger partial charge in [0.2, 0.25) is 0 Å². The van der Waals surface area contributed by atoms with Gasteiger partial charge in [-0.15, -0.1) is 0 Å². The van der Waals surface area contributed by atoms with Crippen LogP contribution in [0.2, 0.25) is 0 Å². The highest BCUT2D eigenvalue weighted by Gasteiger charge is 2.21. The Morgan fingerprint density at radius 3 is 3.00 bits per heavy atom. The highest BCUT2D eigenvalue weighted by Crippen LogP contribution is 2.23. The SMILES string of the molecule is COCCn1nc(C(=O)NC2CCCC(C)C2)ccc1=O. The number of nitrogens with zero attached hydrogens (tertiary/aromatic N) is 2. The smallest absolute Gasteiger partial charge is 0.271 e. The Kier molecular flexibility index (Phi) is 5.50. The van der Waals surface area contributed by atoms with Crippen molar-refractivity contribution in [3.05, 3.63) is 28.2 Å². The van der Waals surface area contributed by atoms with Gasteiger partial charge in [0.25, 0.3) is 11.5 Å². The van der Waals surface area contributed by atoms with Crippen molar-refractivity contribution in [2.45, 2.75) is 45.2 Å². The van der Waals surface area contributed by atoms with E-state index in [0.717, 1.165) is 19.3 Å². The Hall–Kier alpha value is -1.69. The third-order valence-electron chi connectivity index (χ3n) is 3.88. The van der Waals surface area contributed by atoms with Crippen molar-refractivity contribution < 1.29 is 9.53 Å². The van der Waals surface area contributed by atoms with Gasteiger partial charge in [0.1, 0.15) is 5.69 Å². The lowest BCUT2D eigenvalue weighted by Crippen LogP contribution is -2.39. The first kappa shape index (κ1) is 15.7. The van der Waals surface area contributed by atoms with Crippen LogP contribution in [0.3, 0.4) is 0 Å². The van der Waals surface area contributed by atoms with Crippen LogP contribution in [0.25, 0.3) is 0 Å². The Morgan fingerprint density at radius 1 is 1.48 bits per heavy atom. The number of methoxy groups -OCH3 is 1. The Balaban J connectivity index is 2.03. The van der Waals surface area contributed by atoms with Gasteiger partial charge < -0.3 is 10.1 Å². The fraction of sp³-hybridized carbons (Fsp3) is 0.667. The fourth-order valence-corrected chi connectivity index (χ4v) is 2.73. The topological polar surface area (TPSA) is 73.2 Å². The van der Waals surface area contributed by atoms with E-state index >= 15 is 0 Å². The van der Waals surface area contributed by atoms with Crippen LogP contribution in [0.15, 0.2) is 16.9 Å². The Bertz CT molecular complexity index is 541. The molecule has 2 atom stereocenters. The number of hydrogen-bond acceptors (Lipinski definition) is 4. The molecule has 0 aliphatic heterocycles. The molecule has 6 heteroatoms. The predicted molar refractivity (Wildman–Crippen MR) is 79.3 cm³/mol. The number of nitrogens with one attached hydrogen (secondary N) is 1. The average molecular weight is 293 g/mol. The third-order valence-corrected chi connectivity index (χ3v) is 3.88. The highest BCUT2D eigenvalue weighted by molar-refractivity contribution is 5.92. The Morgan fingerprint density at radius 2 is 2.29 bits per heavy atom. The van der Waals surface area contributed by atoms with Crippen LogP contribution >= 0.6 is 0 Å². The molecule has 0 spiro atoms. The lowest BCUT2D eigenvalue weighted by atomic mass is 9.87.